The lowest BCUT2D eigenvalue weighted by molar-refractivity contribution is 0.102. The molecule has 4 nitrogen and oxygen atoms in total. The van der Waals surface area contributed by atoms with E-state index in [-0.39, 0.29) is 5.69 Å². The molecule has 0 aliphatic carbocycles. The first-order valence-corrected chi connectivity index (χ1v) is 5.02. The predicted octanol–water partition coefficient (Wildman–Crippen LogP) is 2.18. The maximum Gasteiger partial charge on any atom is 0.276 e. The van der Waals surface area contributed by atoms with Gasteiger partial charge in [0, 0.05) is 5.69 Å². The molecule has 0 aliphatic rings. The predicted molar refractivity (Wildman–Crippen MR) is 61.1 cm³/mol. The van der Waals surface area contributed by atoms with E-state index in [1.807, 2.05) is 0 Å². The van der Waals surface area contributed by atoms with Crippen LogP contribution in [0.3, 0.4) is 0 Å². The Morgan fingerprint density at radius 2 is 2.06 bits per heavy atom. The van der Waals surface area contributed by atoms with Crippen LogP contribution in [0.5, 0.6) is 0 Å². The molecule has 1 amide bonds. The number of amides is 1. The number of carbonyl (C=O) groups is 1. The van der Waals surface area contributed by atoms with Gasteiger partial charge in [-0.3, -0.25) is 4.79 Å². The number of halogens is 1. The second-order valence-electron chi connectivity index (χ2n) is 3.52. The molecule has 1 N–H and O–H groups in total. The zero-order chi connectivity index (χ0) is 12.3. The number of hydrogen-bond donors (Lipinski definition) is 1. The average molecular weight is 231 g/mol. The van der Waals surface area contributed by atoms with E-state index in [1.165, 1.54) is 18.2 Å². The molecule has 86 valence electrons. The van der Waals surface area contributed by atoms with Gasteiger partial charge in [0.05, 0.1) is 5.69 Å². The normalized spacial score (nSPS) is 10.0. The van der Waals surface area contributed by atoms with Crippen molar-refractivity contribution in [3.63, 3.8) is 0 Å². The van der Waals surface area contributed by atoms with Crippen LogP contribution in [0.25, 0.3) is 0 Å². The fraction of sp³-hybridized carbons (Fsp3) is 0.0833. The zero-order valence-corrected chi connectivity index (χ0v) is 9.14. The highest BCUT2D eigenvalue weighted by Crippen LogP contribution is 2.10. The van der Waals surface area contributed by atoms with E-state index < -0.39 is 11.7 Å². The molecule has 2 rings (SSSR count). The molecule has 5 heteroatoms. The van der Waals surface area contributed by atoms with Gasteiger partial charge in [-0.2, -0.15) is 5.10 Å². The number of hydrogen-bond acceptors (Lipinski definition) is 3. The molecular formula is C12H10FN3O. The smallest absolute Gasteiger partial charge is 0.276 e. The van der Waals surface area contributed by atoms with Crippen molar-refractivity contribution in [2.24, 2.45) is 0 Å². The minimum Gasteiger partial charge on any atom is -0.320 e. The molecule has 0 unspecified atom stereocenters. The van der Waals surface area contributed by atoms with Crippen LogP contribution in [-0.2, 0) is 0 Å². The van der Waals surface area contributed by atoms with Gasteiger partial charge in [-0.1, -0.05) is 6.07 Å². The number of carbonyl (C=O) groups excluding carboxylic acids is 1. The van der Waals surface area contributed by atoms with E-state index in [0.29, 0.717) is 5.69 Å². The second kappa shape index (κ2) is 4.69. The number of aryl methyl sites for hydroxylation is 1. The maximum atomic E-state index is 12.9. The highest BCUT2D eigenvalue weighted by atomic mass is 19.1. The Labute approximate surface area is 97.5 Å². The van der Waals surface area contributed by atoms with Crippen molar-refractivity contribution in [3.8, 4) is 0 Å². The first kappa shape index (κ1) is 11.2. The molecule has 2 aromatic rings. The summed E-state index contributed by atoms with van der Waals surface area (Å²) in [6, 6.07) is 8.92. The largest absolute Gasteiger partial charge is 0.320 e. The molecule has 0 radical (unpaired) electrons. The minimum absolute atomic E-state index is 0.194. The summed E-state index contributed by atoms with van der Waals surface area (Å²) in [6.07, 6.45) is 0. The summed E-state index contributed by atoms with van der Waals surface area (Å²) in [7, 11) is 0. The van der Waals surface area contributed by atoms with E-state index in [0.717, 1.165) is 5.69 Å². The second-order valence-corrected chi connectivity index (χ2v) is 3.52. The van der Waals surface area contributed by atoms with Crippen LogP contribution in [0.4, 0.5) is 10.1 Å². The first-order chi connectivity index (χ1) is 8.15. The van der Waals surface area contributed by atoms with E-state index >= 15 is 0 Å². The van der Waals surface area contributed by atoms with Crippen molar-refractivity contribution < 1.29 is 9.18 Å². The van der Waals surface area contributed by atoms with Crippen LogP contribution in [0.15, 0.2) is 36.4 Å². The molecule has 0 spiro atoms. The summed E-state index contributed by atoms with van der Waals surface area (Å²) >= 11 is 0. The molecule has 0 saturated carbocycles. The highest BCUT2D eigenvalue weighted by molar-refractivity contribution is 6.02. The molecule has 1 aromatic heterocycles. The van der Waals surface area contributed by atoms with Crippen LogP contribution < -0.4 is 5.32 Å². The monoisotopic (exact) mass is 231 g/mol. The molecule has 17 heavy (non-hydrogen) atoms. The molecule has 0 aliphatic heterocycles. The lowest BCUT2D eigenvalue weighted by atomic mass is 10.3. The van der Waals surface area contributed by atoms with Gasteiger partial charge >= 0.3 is 0 Å². The van der Waals surface area contributed by atoms with Crippen LogP contribution in [0.1, 0.15) is 16.2 Å². The summed E-state index contributed by atoms with van der Waals surface area (Å²) in [4.78, 5) is 11.7. The number of nitrogens with zero attached hydrogens (tertiary/aromatic N) is 2. The number of nitrogens with one attached hydrogen (secondary N) is 1. The van der Waals surface area contributed by atoms with Crippen LogP contribution in [0, 0.1) is 12.7 Å². The van der Waals surface area contributed by atoms with E-state index in [2.05, 4.69) is 15.5 Å². The Morgan fingerprint density at radius 1 is 1.24 bits per heavy atom. The standard InChI is InChI=1S/C12H10FN3O/c1-8-5-6-11(16-15-8)12(17)14-10-4-2-3-9(13)7-10/h2-7H,1H3,(H,14,17). The number of rotatable bonds is 2. The van der Waals surface area contributed by atoms with E-state index in [1.54, 1.807) is 25.1 Å². The lowest BCUT2D eigenvalue weighted by Crippen LogP contribution is -2.14. The van der Waals surface area contributed by atoms with Crippen molar-refractivity contribution >= 4 is 11.6 Å². The molecule has 0 saturated heterocycles. The maximum absolute atomic E-state index is 12.9. The quantitative estimate of drug-likeness (QED) is 0.861. The Bertz CT molecular complexity index is 540. The molecular weight excluding hydrogens is 221 g/mol. The van der Waals surface area contributed by atoms with Gasteiger partial charge in [0.25, 0.3) is 5.91 Å². The van der Waals surface area contributed by atoms with Gasteiger partial charge in [-0.15, -0.1) is 5.10 Å². The third-order valence-corrected chi connectivity index (χ3v) is 2.11. The SMILES string of the molecule is Cc1ccc(C(=O)Nc2cccc(F)c2)nn1. The first-order valence-electron chi connectivity index (χ1n) is 5.02. The fourth-order valence-electron chi connectivity index (χ4n) is 1.28. The number of anilines is 1. The minimum atomic E-state index is -0.414. The number of benzene rings is 1. The molecule has 0 fully saturated rings. The molecule has 0 atom stereocenters. The Morgan fingerprint density at radius 3 is 2.71 bits per heavy atom. The van der Waals surface area contributed by atoms with Crippen molar-refractivity contribution in [1.29, 1.82) is 0 Å². The third kappa shape index (κ3) is 2.84. The molecule has 0 bridgehead atoms. The van der Waals surface area contributed by atoms with Gasteiger partial charge < -0.3 is 5.32 Å². The van der Waals surface area contributed by atoms with Crippen molar-refractivity contribution in [2.75, 3.05) is 5.32 Å². The Hall–Kier alpha value is -2.30. The van der Waals surface area contributed by atoms with Crippen molar-refractivity contribution in [1.82, 2.24) is 10.2 Å². The average Bonchev–Trinajstić information content (AvgIpc) is 2.29. The highest BCUT2D eigenvalue weighted by Gasteiger charge is 2.08. The summed E-state index contributed by atoms with van der Waals surface area (Å²) in [5, 5.41) is 10.1. The summed E-state index contributed by atoms with van der Waals surface area (Å²) in [6.45, 7) is 1.78. The summed E-state index contributed by atoms with van der Waals surface area (Å²) < 4.78 is 12.9. The van der Waals surface area contributed by atoms with Gasteiger partial charge in [0.1, 0.15) is 5.82 Å². The lowest BCUT2D eigenvalue weighted by Gasteiger charge is -2.04. The van der Waals surface area contributed by atoms with Crippen molar-refractivity contribution in [3.05, 3.63) is 53.6 Å². The summed E-state index contributed by atoms with van der Waals surface area (Å²) in [5.74, 6) is -0.819. The molecule has 1 aromatic carbocycles. The van der Waals surface area contributed by atoms with Crippen LogP contribution in [0.2, 0.25) is 0 Å². The van der Waals surface area contributed by atoms with Crippen LogP contribution >= 0.6 is 0 Å². The van der Waals surface area contributed by atoms with Gasteiger partial charge in [0.2, 0.25) is 0 Å². The molecule has 1 heterocycles. The number of aromatic nitrogens is 2. The Kier molecular flexibility index (Phi) is 3.09. The van der Waals surface area contributed by atoms with Crippen molar-refractivity contribution in [2.45, 2.75) is 6.92 Å². The topological polar surface area (TPSA) is 54.9 Å². The Balaban J connectivity index is 2.14. The van der Waals surface area contributed by atoms with Gasteiger partial charge in [-0.25, -0.2) is 4.39 Å². The summed E-state index contributed by atoms with van der Waals surface area (Å²) in [5.41, 5.74) is 1.31. The van der Waals surface area contributed by atoms with Gasteiger partial charge in [0.15, 0.2) is 5.69 Å². The van der Waals surface area contributed by atoms with Gasteiger partial charge in [-0.05, 0) is 37.3 Å². The van der Waals surface area contributed by atoms with Crippen LogP contribution in [-0.4, -0.2) is 16.1 Å². The fourth-order valence-corrected chi connectivity index (χ4v) is 1.28. The third-order valence-electron chi connectivity index (χ3n) is 2.11. The van der Waals surface area contributed by atoms with E-state index in [9.17, 15) is 9.18 Å². The zero-order valence-electron chi connectivity index (χ0n) is 9.14. The van der Waals surface area contributed by atoms with E-state index in [4.69, 9.17) is 0 Å².